The van der Waals surface area contributed by atoms with Crippen LogP contribution in [0.2, 0.25) is 0 Å². The number of amides is 1. The van der Waals surface area contributed by atoms with Crippen LogP contribution in [-0.2, 0) is 6.54 Å². The molecule has 0 spiro atoms. The summed E-state index contributed by atoms with van der Waals surface area (Å²) in [6, 6.07) is 16.4. The maximum absolute atomic E-state index is 14.2. The molecule has 0 atom stereocenters. The number of phenolic OH excluding ortho intramolecular Hbond substituents is 1. The second kappa shape index (κ2) is 9.53. The van der Waals surface area contributed by atoms with Crippen molar-refractivity contribution in [2.24, 2.45) is 0 Å². The summed E-state index contributed by atoms with van der Waals surface area (Å²) in [7, 11) is 1.61. The van der Waals surface area contributed by atoms with Gasteiger partial charge in [-0.1, -0.05) is 6.07 Å². The second-order valence-corrected chi connectivity index (χ2v) is 7.49. The molecule has 0 fully saturated rings. The Kier molecular flexibility index (Phi) is 6.35. The van der Waals surface area contributed by atoms with E-state index in [9.17, 15) is 18.7 Å². The van der Waals surface area contributed by atoms with E-state index in [1.165, 1.54) is 23.1 Å². The molecule has 2 aromatic heterocycles. The lowest BCUT2D eigenvalue weighted by molar-refractivity contribution is 0.0951. The average Bonchev–Trinajstić information content (AvgIpc) is 2.83. The number of aromatic hydroxyl groups is 1. The molecule has 1 amide bonds. The first kappa shape index (κ1) is 22.7. The molecule has 34 heavy (non-hydrogen) atoms. The third kappa shape index (κ3) is 4.78. The molecule has 0 unspecified atom stereocenters. The van der Waals surface area contributed by atoms with Gasteiger partial charge in [-0.3, -0.25) is 9.78 Å². The van der Waals surface area contributed by atoms with Crippen LogP contribution < -0.4 is 16.0 Å². The summed E-state index contributed by atoms with van der Waals surface area (Å²) in [6.45, 7) is 0.232. The summed E-state index contributed by atoms with van der Waals surface area (Å²) >= 11 is 0. The molecule has 0 bridgehead atoms. The van der Waals surface area contributed by atoms with Crippen molar-refractivity contribution < 1.29 is 18.7 Å². The van der Waals surface area contributed by atoms with Crippen LogP contribution in [0.15, 0.2) is 72.9 Å². The molecule has 0 aliphatic carbocycles. The van der Waals surface area contributed by atoms with Crippen LogP contribution in [0.5, 0.6) is 5.75 Å². The largest absolute Gasteiger partial charge is 0.507 e. The number of nitrogens with one attached hydrogen (secondary N) is 1. The molecule has 0 aliphatic heterocycles. The molecule has 0 saturated carbocycles. The highest BCUT2D eigenvalue weighted by Crippen LogP contribution is 2.35. The standard InChI is InChI=1S/C25H21F2N5O2/c1-32(22-9-5-15(26)12-20(22)27)17-6-10-23(33)19(13-17)21-8-7-18(24(28)31-21)25(34)30-14-16-4-2-3-11-29-16/h2-13,33H,14H2,1H3,(H2,28,31)(H,30,34). The third-order valence-corrected chi connectivity index (χ3v) is 5.24. The van der Waals surface area contributed by atoms with Crippen molar-refractivity contribution in [3.05, 3.63) is 95.8 Å². The molecular formula is C25H21F2N5O2. The van der Waals surface area contributed by atoms with Gasteiger partial charge in [0.25, 0.3) is 5.91 Å². The minimum atomic E-state index is -0.722. The Morgan fingerprint density at radius 2 is 1.91 bits per heavy atom. The van der Waals surface area contributed by atoms with Crippen LogP contribution in [0.3, 0.4) is 0 Å². The quantitative estimate of drug-likeness (QED) is 0.393. The van der Waals surface area contributed by atoms with Gasteiger partial charge in [0, 0.05) is 30.6 Å². The molecular weight excluding hydrogens is 440 g/mol. The van der Waals surface area contributed by atoms with E-state index < -0.39 is 17.5 Å². The summed E-state index contributed by atoms with van der Waals surface area (Å²) in [5.74, 6) is -1.90. The Labute approximate surface area is 194 Å². The Balaban J connectivity index is 1.58. The van der Waals surface area contributed by atoms with Gasteiger partial charge in [-0.15, -0.1) is 0 Å². The predicted molar refractivity (Wildman–Crippen MR) is 126 cm³/mol. The Bertz CT molecular complexity index is 1350. The van der Waals surface area contributed by atoms with Gasteiger partial charge in [0.15, 0.2) is 0 Å². The lowest BCUT2D eigenvalue weighted by Gasteiger charge is -2.21. The highest BCUT2D eigenvalue weighted by Gasteiger charge is 2.16. The monoisotopic (exact) mass is 461 g/mol. The number of halogens is 2. The topological polar surface area (TPSA) is 104 Å². The van der Waals surface area contributed by atoms with Crippen molar-refractivity contribution >= 4 is 23.1 Å². The fraction of sp³-hybridized carbons (Fsp3) is 0.0800. The van der Waals surface area contributed by atoms with Gasteiger partial charge >= 0.3 is 0 Å². The van der Waals surface area contributed by atoms with E-state index in [-0.39, 0.29) is 29.4 Å². The highest BCUT2D eigenvalue weighted by molar-refractivity contribution is 5.98. The number of hydrogen-bond acceptors (Lipinski definition) is 6. The van der Waals surface area contributed by atoms with Crippen molar-refractivity contribution in [2.75, 3.05) is 17.7 Å². The highest BCUT2D eigenvalue weighted by atomic mass is 19.1. The minimum absolute atomic E-state index is 0.0150. The number of phenols is 1. The fourth-order valence-electron chi connectivity index (χ4n) is 3.42. The van der Waals surface area contributed by atoms with E-state index in [2.05, 4.69) is 15.3 Å². The third-order valence-electron chi connectivity index (χ3n) is 5.24. The number of carbonyl (C=O) groups is 1. The maximum atomic E-state index is 14.2. The van der Waals surface area contributed by atoms with Gasteiger partial charge in [-0.05, 0) is 54.6 Å². The number of pyridine rings is 2. The van der Waals surface area contributed by atoms with Crippen molar-refractivity contribution in [3.8, 4) is 17.0 Å². The molecule has 172 valence electrons. The summed E-state index contributed by atoms with van der Waals surface area (Å²) < 4.78 is 27.5. The first-order valence-electron chi connectivity index (χ1n) is 10.3. The average molecular weight is 461 g/mol. The lowest BCUT2D eigenvalue weighted by Crippen LogP contribution is -2.24. The molecule has 0 saturated heterocycles. The zero-order valence-corrected chi connectivity index (χ0v) is 18.2. The summed E-state index contributed by atoms with van der Waals surface area (Å²) in [4.78, 5) is 22.5. The molecule has 0 radical (unpaired) electrons. The maximum Gasteiger partial charge on any atom is 0.255 e. The number of anilines is 3. The van der Waals surface area contributed by atoms with E-state index in [1.54, 1.807) is 43.6 Å². The van der Waals surface area contributed by atoms with Crippen molar-refractivity contribution in [2.45, 2.75) is 6.54 Å². The molecule has 2 aromatic carbocycles. The number of hydrogen-bond donors (Lipinski definition) is 3. The zero-order chi connectivity index (χ0) is 24.2. The number of benzene rings is 2. The van der Waals surface area contributed by atoms with E-state index in [1.807, 2.05) is 6.07 Å². The van der Waals surface area contributed by atoms with Crippen molar-refractivity contribution in [3.63, 3.8) is 0 Å². The molecule has 7 nitrogen and oxygen atoms in total. The number of aromatic nitrogens is 2. The second-order valence-electron chi connectivity index (χ2n) is 7.49. The van der Waals surface area contributed by atoms with Gasteiger partial charge < -0.3 is 21.1 Å². The van der Waals surface area contributed by atoms with E-state index in [0.29, 0.717) is 22.6 Å². The number of nitrogen functional groups attached to an aromatic ring is 1. The molecule has 4 rings (SSSR count). The number of nitrogens with zero attached hydrogens (tertiary/aromatic N) is 3. The smallest absolute Gasteiger partial charge is 0.255 e. The number of rotatable bonds is 6. The van der Waals surface area contributed by atoms with Gasteiger partial charge in [-0.2, -0.15) is 0 Å². The summed E-state index contributed by atoms with van der Waals surface area (Å²) in [6.07, 6.45) is 1.63. The van der Waals surface area contributed by atoms with Gasteiger partial charge in [0.05, 0.1) is 29.2 Å². The molecule has 9 heteroatoms. The van der Waals surface area contributed by atoms with Crippen LogP contribution in [0, 0.1) is 11.6 Å². The number of carbonyl (C=O) groups excluding carboxylic acids is 1. The normalized spacial score (nSPS) is 10.7. The Hall–Kier alpha value is -4.53. The van der Waals surface area contributed by atoms with Gasteiger partial charge in [0.1, 0.15) is 23.2 Å². The van der Waals surface area contributed by atoms with Crippen LogP contribution in [0.4, 0.5) is 26.0 Å². The number of nitrogens with two attached hydrogens (primary N) is 1. The van der Waals surface area contributed by atoms with Crippen molar-refractivity contribution in [1.29, 1.82) is 0 Å². The zero-order valence-electron chi connectivity index (χ0n) is 18.2. The fourth-order valence-corrected chi connectivity index (χ4v) is 3.42. The molecule has 4 aromatic rings. The van der Waals surface area contributed by atoms with Crippen LogP contribution >= 0.6 is 0 Å². The molecule has 0 aliphatic rings. The van der Waals surface area contributed by atoms with E-state index in [4.69, 9.17) is 5.73 Å². The summed E-state index contributed by atoms with van der Waals surface area (Å²) in [5, 5.41) is 13.1. The predicted octanol–water partition coefficient (Wildman–Crippen LogP) is 4.41. The van der Waals surface area contributed by atoms with Gasteiger partial charge in [-0.25, -0.2) is 13.8 Å². The van der Waals surface area contributed by atoms with Crippen LogP contribution in [-0.4, -0.2) is 28.0 Å². The lowest BCUT2D eigenvalue weighted by atomic mass is 10.1. The minimum Gasteiger partial charge on any atom is -0.507 e. The van der Waals surface area contributed by atoms with Crippen molar-refractivity contribution in [1.82, 2.24) is 15.3 Å². The van der Waals surface area contributed by atoms with E-state index >= 15 is 0 Å². The van der Waals surface area contributed by atoms with Crippen LogP contribution in [0.25, 0.3) is 11.3 Å². The Morgan fingerprint density at radius 3 is 2.62 bits per heavy atom. The molecule has 4 N–H and O–H groups in total. The van der Waals surface area contributed by atoms with E-state index in [0.717, 1.165) is 12.1 Å². The Morgan fingerprint density at radius 1 is 1.09 bits per heavy atom. The SMILES string of the molecule is CN(c1ccc(O)c(-c2ccc(C(=O)NCc3ccccn3)c(N)n2)c1)c1ccc(F)cc1F. The molecule has 2 heterocycles. The summed E-state index contributed by atoms with van der Waals surface area (Å²) in [5.41, 5.74) is 8.25. The first-order chi connectivity index (χ1) is 16.3. The van der Waals surface area contributed by atoms with Gasteiger partial charge in [0.2, 0.25) is 0 Å². The first-order valence-corrected chi connectivity index (χ1v) is 10.3. The van der Waals surface area contributed by atoms with Crippen LogP contribution in [0.1, 0.15) is 16.1 Å².